The van der Waals surface area contributed by atoms with E-state index >= 15 is 0 Å². The zero-order valence-corrected chi connectivity index (χ0v) is 12.5. The van der Waals surface area contributed by atoms with Gasteiger partial charge in [0.2, 0.25) is 5.82 Å². The molecule has 0 bridgehead atoms. The highest BCUT2D eigenvalue weighted by atomic mass is 19.2. The summed E-state index contributed by atoms with van der Waals surface area (Å²) in [5.41, 5.74) is -3.78. The maximum absolute atomic E-state index is 14.6. The Kier molecular flexibility index (Phi) is 4.17. The van der Waals surface area contributed by atoms with Crippen LogP contribution in [0.3, 0.4) is 0 Å². The van der Waals surface area contributed by atoms with Crippen molar-refractivity contribution in [3.8, 4) is 22.6 Å². The van der Waals surface area contributed by atoms with Crippen molar-refractivity contribution in [2.45, 2.75) is 6.30 Å². The number of nitrogens with zero attached hydrogens (tertiary/aromatic N) is 1. The number of halogens is 7. The van der Waals surface area contributed by atoms with Crippen molar-refractivity contribution in [3.63, 3.8) is 0 Å². The average Bonchev–Trinajstić information content (AvgIpc) is 2.60. The van der Waals surface area contributed by atoms with Crippen molar-refractivity contribution in [1.29, 1.82) is 0 Å². The highest BCUT2D eigenvalue weighted by molar-refractivity contribution is 5.87. The summed E-state index contributed by atoms with van der Waals surface area (Å²) in [6.07, 6.45) is -3.03. The molecule has 2 aromatic carbocycles. The van der Waals surface area contributed by atoms with Crippen LogP contribution in [-0.4, -0.2) is 19.4 Å². The molecule has 0 amide bonds. The molecule has 138 valence electrons. The van der Waals surface area contributed by atoms with Crippen LogP contribution >= 0.6 is 0 Å². The van der Waals surface area contributed by atoms with Crippen LogP contribution in [0.25, 0.3) is 11.1 Å². The van der Waals surface area contributed by atoms with Crippen molar-refractivity contribution in [1.82, 2.24) is 0 Å². The minimum Gasteiger partial charge on any atom is -0.491 e. The Morgan fingerprint density at radius 3 is 2.27 bits per heavy atom. The van der Waals surface area contributed by atoms with Gasteiger partial charge in [-0.05, 0) is 12.1 Å². The average molecular weight is 381 g/mol. The van der Waals surface area contributed by atoms with E-state index in [2.05, 4.69) is 9.47 Å². The Bertz CT molecular complexity index is 934. The van der Waals surface area contributed by atoms with E-state index in [4.69, 9.17) is 0 Å². The molecule has 1 atom stereocenters. The second-order valence-electron chi connectivity index (χ2n) is 5.01. The quantitative estimate of drug-likeness (QED) is 0.150. The summed E-state index contributed by atoms with van der Waals surface area (Å²) >= 11 is 0. The third-order valence-corrected chi connectivity index (χ3v) is 3.59. The SMILES string of the molecule is COc1c(F)c(F)c(F)c(-c2ccc3c(c2F)N(F)C(F)C(=O)O3)c1F. The fraction of sp³-hybridized carbons (Fsp3) is 0.133. The first-order valence-corrected chi connectivity index (χ1v) is 6.74. The molecular weight excluding hydrogens is 375 g/mol. The summed E-state index contributed by atoms with van der Waals surface area (Å²) in [6.45, 7) is 0. The zero-order valence-electron chi connectivity index (χ0n) is 12.5. The third kappa shape index (κ3) is 2.34. The number of carbonyl (C=O) groups excluding carboxylic acids is 1. The molecule has 2 aromatic rings. The Morgan fingerprint density at radius 1 is 1.00 bits per heavy atom. The maximum Gasteiger partial charge on any atom is 0.369 e. The molecule has 11 heteroatoms. The molecule has 1 unspecified atom stereocenters. The van der Waals surface area contributed by atoms with Crippen LogP contribution in [0.2, 0.25) is 0 Å². The number of anilines is 1. The minimum absolute atomic E-state index is 0.617. The number of hydrogen-bond acceptors (Lipinski definition) is 4. The molecular formula is C15H6F7NO3. The summed E-state index contributed by atoms with van der Waals surface area (Å²) in [5.74, 6) is -13.7. The van der Waals surface area contributed by atoms with Gasteiger partial charge in [-0.3, -0.25) is 0 Å². The highest BCUT2D eigenvalue weighted by Gasteiger charge is 2.40. The molecule has 1 heterocycles. The Labute approximate surface area is 140 Å². The summed E-state index contributed by atoms with van der Waals surface area (Å²) in [7, 11) is 0.752. The number of rotatable bonds is 2. The van der Waals surface area contributed by atoms with Crippen LogP contribution in [0, 0.1) is 29.1 Å². The van der Waals surface area contributed by atoms with Crippen molar-refractivity contribution in [3.05, 3.63) is 41.2 Å². The number of esters is 1. The van der Waals surface area contributed by atoms with Crippen LogP contribution < -0.4 is 14.6 Å². The van der Waals surface area contributed by atoms with E-state index in [9.17, 15) is 35.6 Å². The molecule has 0 aliphatic carbocycles. The monoisotopic (exact) mass is 381 g/mol. The first-order chi connectivity index (χ1) is 12.2. The molecule has 3 rings (SSSR count). The van der Waals surface area contributed by atoms with E-state index in [0.717, 1.165) is 7.11 Å². The Hall–Kier alpha value is -2.98. The van der Waals surface area contributed by atoms with Crippen LogP contribution in [0.15, 0.2) is 12.1 Å². The second-order valence-corrected chi connectivity index (χ2v) is 5.01. The summed E-state index contributed by atoms with van der Waals surface area (Å²) in [4.78, 5) is 11.1. The van der Waals surface area contributed by atoms with Crippen molar-refractivity contribution in [2.24, 2.45) is 0 Å². The van der Waals surface area contributed by atoms with Gasteiger partial charge in [0, 0.05) is 5.56 Å². The molecule has 0 saturated carbocycles. The molecule has 1 aliphatic heterocycles. The third-order valence-electron chi connectivity index (χ3n) is 3.59. The number of methoxy groups -OCH3 is 1. The largest absolute Gasteiger partial charge is 0.491 e. The van der Waals surface area contributed by atoms with E-state index in [-0.39, 0.29) is 0 Å². The lowest BCUT2D eigenvalue weighted by Gasteiger charge is -2.26. The molecule has 0 radical (unpaired) electrons. The second kappa shape index (κ2) is 6.07. The number of benzene rings is 2. The molecule has 26 heavy (non-hydrogen) atoms. The van der Waals surface area contributed by atoms with Crippen LogP contribution in [0.1, 0.15) is 0 Å². The van der Waals surface area contributed by atoms with Gasteiger partial charge in [-0.2, -0.15) is 9.51 Å². The van der Waals surface area contributed by atoms with Gasteiger partial charge in [-0.15, -0.1) is 0 Å². The van der Waals surface area contributed by atoms with Crippen molar-refractivity contribution in [2.75, 3.05) is 12.2 Å². The van der Waals surface area contributed by atoms with Crippen molar-refractivity contribution >= 4 is 11.7 Å². The van der Waals surface area contributed by atoms with Gasteiger partial charge in [0.15, 0.2) is 40.5 Å². The molecule has 0 N–H and O–H groups in total. The first-order valence-electron chi connectivity index (χ1n) is 6.74. The molecule has 4 nitrogen and oxygen atoms in total. The van der Waals surface area contributed by atoms with Gasteiger partial charge in [-0.1, -0.05) is 4.48 Å². The van der Waals surface area contributed by atoms with Gasteiger partial charge in [0.25, 0.3) is 6.30 Å². The lowest BCUT2D eigenvalue weighted by Crippen LogP contribution is -2.39. The molecule has 0 aromatic heterocycles. The zero-order chi connectivity index (χ0) is 19.3. The predicted molar refractivity (Wildman–Crippen MR) is 72.3 cm³/mol. The summed E-state index contributed by atoms with van der Waals surface area (Å²) < 4.78 is 106. The smallest absolute Gasteiger partial charge is 0.369 e. The fourth-order valence-corrected chi connectivity index (χ4v) is 2.41. The van der Waals surface area contributed by atoms with Crippen LogP contribution in [0.4, 0.5) is 36.5 Å². The highest BCUT2D eigenvalue weighted by Crippen LogP contribution is 2.44. The minimum atomic E-state index is -3.03. The van der Waals surface area contributed by atoms with Gasteiger partial charge in [-0.25, -0.2) is 26.7 Å². The van der Waals surface area contributed by atoms with Crippen LogP contribution in [0.5, 0.6) is 11.5 Å². The molecule has 0 saturated heterocycles. The lowest BCUT2D eigenvalue weighted by atomic mass is 10.0. The van der Waals surface area contributed by atoms with Crippen LogP contribution in [-0.2, 0) is 4.79 Å². The molecule has 0 fully saturated rings. The number of alkyl halides is 1. The molecule has 1 aliphatic rings. The lowest BCUT2D eigenvalue weighted by molar-refractivity contribution is -0.142. The Balaban J connectivity index is 2.31. The van der Waals surface area contributed by atoms with Gasteiger partial charge in [0.05, 0.1) is 12.7 Å². The van der Waals surface area contributed by atoms with Crippen molar-refractivity contribution < 1.29 is 45.1 Å². The number of carbonyl (C=O) groups is 1. The maximum atomic E-state index is 14.6. The van der Waals surface area contributed by atoms with Gasteiger partial charge >= 0.3 is 5.97 Å². The number of hydrogen-bond donors (Lipinski definition) is 0. The standard InChI is InChI=1S/C15H6F7NO3/c1-25-13-9(18)6(8(17)10(19)11(13)20)4-2-3-5-12(7(4)16)23(22)14(21)15(24)26-5/h2-3,14H,1H3. The normalized spacial score (nSPS) is 16.4. The number of fused-ring (bicyclic) bond motifs is 1. The topological polar surface area (TPSA) is 38.8 Å². The van der Waals surface area contributed by atoms with E-state index in [1.165, 1.54) is 0 Å². The fourth-order valence-electron chi connectivity index (χ4n) is 2.41. The van der Waals surface area contributed by atoms with Gasteiger partial charge < -0.3 is 9.47 Å². The Morgan fingerprint density at radius 2 is 1.65 bits per heavy atom. The van der Waals surface area contributed by atoms with E-state index in [1.54, 1.807) is 0 Å². The van der Waals surface area contributed by atoms with E-state index in [0.29, 0.717) is 12.1 Å². The number of ether oxygens (including phenoxy) is 2. The van der Waals surface area contributed by atoms with E-state index < -0.39 is 74.8 Å². The molecule has 0 spiro atoms. The van der Waals surface area contributed by atoms with Gasteiger partial charge in [0.1, 0.15) is 0 Å². The predicted octanol–water partition coefficient (Wildman–Crippen LogP) is 3.96. The first kappa shape index (κ1) is 17.8. The summed E-state index contributed by atoms with van der Waals surface area (Å²) in [5, 5.41) is -0.951. The van der Waals surface area contributed by atoms with E-state index in [1.807, 2.05) is 0 Å². The summed E-state index contributed by atoms with van der Waals surface area (Å²) in [6, 6.07) is 1.32.